The van der Waals surface area contributed by atoms with Crippen molar-refractivity contribution < 1.29 is 0 Å². The fraction of sp³-hybridized carbons (Fsp3) is 0.290. The zero-order valence-corrected chi connectivity index (χ0v) is 22.7. The zero-order valence-electron chi connectivity index (χ0n) is 21.9. The number of allylic oxidation sites excluding steroid dienone is 1. The minimum Gasteiger partial charge on any atom is -0.342 e. The van der Waals surface area contributed by atoms with Gasteiger partial charge in [0.15, 0.2) is 0 Å². The summed E-state index contributed by atoms with van der Waals surface area (Å²) in [5.41, 5.74) is 5.81. The van der Waals surface area contributed by atoms with Crippen LogP contribution in [0.2, 0.25) is 0 Å². The summed E-state index contributed by atoms with van der Waals surface area (Å²) in [7, 11) is 0. The van der Waals surface area contributed by atoms with Crippen LogP contribution in [-0.2, 0) is 11.8 Å². The molecule has 0 saturated carbocycles. The Morgan fingerprint density at radius 2 is 1.64 bits per heavy atom. The van der Waals surface area contributed by atoms with Crippen LogP contribution in [0.3, 0.4) is 0 Å². The van der Waals surface area contributed by atoms with E-state index in [2.05, 4.69) is 128 Å². The topological polar surface area (TPSA) is 49.8 Å². The Morgan fingerprint density at radius 3 is 2.36 bits per heavy atom. The van der Waals surface area contributed by atoms with E-state index in [9.17, 15) is 0 Å². The molecule has 2 N–H and O–H groups in total. The van der Waals surface area contributed by atoms with E-state index in [4.69, 9.17) is 0 Å². The van der Waals surface area contributed by atoms with Gasteiger partial charge in [-0.3, -0.25) is 0 Å². The van der Waals surface area contributed by atoms with E-state index in [0.29, 0.717) is 0 Å². The van der Waals surface area contributed by atoms with E-state index >= 15 is 0 Å². The van der Waals surface area contributed by atoms with Gasteiger partial charge in [-0.25, -0.2) is 9.97 Å². The molecule has 1 aromatic heterocycles. The van der Waals surface area contributed by atoms with E-state index in [-0.39, 0.29) is 5.41 Å². The molecule has 0 fully saturated rings. The third kappa shape index (κ3) is 6.67. The number of nitrogens with one attached hydrogen (secondary N) is 2. The summed E-state index contributed by atoms with van der Waals surface area (Å²) in [4.78, 5) is 10.2. The molecule has 0 unspecified atom stereocenters. The van der Waals surface area contributed by atoms with Crippen LogP contribution in [0.1, 0.15) is 58.6 Å². The third-order valence-corrected chi connectivity index (χ3v) is 7.05. The van der Waals surface area contributed by atoms with Gasteiger partial charge in [-0.1, -0.05) is 77.1 Å². The summed E-state index contributed by atoms with van der Waals surface area (Å²) in [5.74, 6) is 0.990. The van der Waals surface area contributed by atoms with Gasteiger partial charge < -0.3 is 10.6 Å². The summed E-state index contributed by atoms with van der Waals surface area (Å²) in [6.07, 6.45) is 6.97. The Balaban J connectivity index is 1.55. The van der Waals surface area contributed by atoms with Gasteiger partial charge in [0.2, 0.25) is 0 Å². The van der Waals surface area contributed by atoms with Crippen LogP contribution < -0.4 is 10.6 Å². The zero-order chi connectivity index (χ0) is 25.5. The average Bonchev–Trinajstić information content (AvgIpc) is 2.87. The molecule has 186 valence electrons. The van der Waals surface area contributed by atoms with E-state index in [1.54, 1.807) is 18.1 Å². The first-order valence-electron chi connectivity index (χ1n) is 12.7. The van der Waals surface area contributed by atoms with Gasteiger partial charge in [0.1, 0.15) is 17.2 Å². The molecule has 0 saturated heterocycles. The van der Waals surface area contributed by atoms with Gasteiger partial charge in [0, 0.05) is 21.7 Å². The van der Waals surface area contributed by atoms with Gasteiger partial charge in [0.05, 0.1) is 5.52 Å². The lowest BCUT2D eigenvalue weighted by Crippen LogP contribution is -2.13. The van der Waals surface area contributed by atoms with Crippen molar-refractivity contribution in [3.05, 3.63) is 96.1 Å². The smallest absolute Gasteiger partial charge is 0.117 e. The van der Waals surface area contributed by atoms with Gasteiger partial charge >= 0.3 is 0 Å². The molecule has 0 aliphatic heterocycles. The molecule has 4 nitrogen and oxygen atoms in total. The lowest BCUT2D eigenvalue weighted by atomic mass is 9.87. The lowest BCUT2D eigenvalue weighted by molar-refractivity contribution is 0.590. The highest BCUT2D eigenvalue weighted by Gasteiger charge is 2.14. The molecule has 4 rings (SSSR count). The first kappa shape index (κ1) is 25.8. The predicted octanol–water partition coefficient (Wildman–Crippen LogP) is 8.81. The first-order chi connectivity index (χ1) is 17.4. The van der Waals surface area contributed by atoms with Crippen molar-refractivity contribution in [1.29, 1.82) is 0 Å². The van der Waals surface area contributed by atoms with Gasteiger partial charge in [-0.2, -0.15) is 0 Å². The quantitative estimate of drug-likeness (QED) is 0.227. The molecule has 3 aromatic carbocycles. The second-order valence-corrected chi connectivity index (χ2v) is 11.1. The Hall–Kier alpha value is -3.31. The minimum absolute atomic E-state index is 0.104. The van der Waals surface area contributed by atoms with Gasteiger partial charge in [-0.05, 0) is 77.9 Å². The van der Waals surface area contributed by atoms with Crippen LogP contribution in [0.25, 0.3) is 10.9 Å². The van der Waals surface area contributed by atoms with E-state index in [0.717, 1.165) is 57.3 Å². The maximum absolute atomic E-state index is 4.58. The summed E-state index contributed by atoms with van der Waals surface area (Å²) in [6.45, 7) is 11.1. The fourth-order valence-electron chi connectivity index (χ4n) is 3.92. The molecule has 0 aliphatic rings. The normalized spacial score (nSPS) is 12.1. The maximum atomic E-state index is 4.58. The fourth-order valence-corrected chi connectivity index (χ4v) is 4.86. The number of rotatable bonds is 9. The summed E-state index contributed by atoms with van der Waals surface area (Å²) < 4.78 is 0. The van der Waals surface area contributed by atoms with Crippen molar-refractivity contribution in [2.75, 3.05) is 10.6 Å². The van der Waals surface area contributed by atoms with Crippen molar-refractivity contribution in [2.24, 2.45) is 0 Å². The van der Waals surface area contributed by atoms with Crippen molar-refractivity contribution in [3.63, 3.8) is 0 Å². The molecular formula is C31H36N4S. The average molecular weight is 497 g/mol. The van der Waals surface area contributed by atoms with Gasteiger partial charge in [0.25, 0.3) is 0 Å². The number of aromatic nitrogens is 2. The second kappa shape index (κ2) is 11.6. The second-order valence-electron chi connectivity index (χ2n) is 10.0. The molecule has 4 aromatic rings. The van der Waals surface area contributed by atoms with Crippen molar-refractivity contribution >= 4 is 34.0 Å². The van der Waals surface area contributed by atoms with Crippen molar-refractivity contribution in [1.82, 2.24) is 9.97 Å². The Labute approximate surface area is 219 Å². The van der Waals surface area contributed by atoms with Crippen LogP contribution >= 0.6 is 11.8 Å². The lowest BCUT2D eigenvalue weighted by Gasteiger charge is -2.21. The highest BCUT2D eigenvalue weighted by atomic mass is 32.2. The molecule has 0 amide bonds. The molecule has 5 heteroatoms. The number of aryl methyl sites for hydroxylation is 1. The van der Waals surface area contributed by atoms with E-state index in [1.807, 2.05) is 0 Å². The molecule has 36 heavy (non-hydrogen) atoms. The number of hydrogen-bond donors (Lipinski definition) is 2. The maximum Gasteiger partial charge on any atom is 0.117 e. The van der Waals surface area contributed by atoms with Crippen LogP contribution in [0.4, 0.5) is 11.4 Å². The first-order valence-corrected chi connectivity index (χ1v) is 13.5. The SMILES string of the molecule is CCC/C=C(/Nc1cccc(Sc2ncnc3cc(CC)ccc23)c1)Nc1cccc(C(C)(C)C)c1. The van der Waals surface area contributed by atoms with Crippen molar-refractivity contribution in [3.8, 4) is 0 Å². The number of fused-ring (bicyclic) bond motifs is 1. The van der Waals surface area contributed by atoms with Crippen LogP contribution in [0, 0.1) is 0 Å². The van der Waals surface area contributed by atoms with Crippen LogP contribution in [0.5, 0.6) is 0 Å². The molecule has 0 radical (unpaired) electrons. The summed E-state index contributed by atoms with van der Waals surface area (Å²) in [5, 5.41) is 9.26. The van der Waals surface area contributed by atoms with Crippen molar-refractivity contribution in [2.45, 2.75) is 69.2 Å². The highest BCUT2D eigenvalue weighted by molar-refractivity contribution is 7.99. The Kier molecular flexibility index (Phi) is 8.32. The number of nitrogens with zero attached hydrogens (tertiary/aromatic N) is 2. The number of benzene rings is 3. The largest absolute Gasteiger partial charge is 0.342 e. The standard InChI is InChI=1S/C31H36N4S/c1-6-8-15-29(34-24-12-9-11-23(19-24)31(3,4)5)35-25-13-10-14-26(20-25)36-30-27-17-16-22(7-2)18-28(27)32-21-33-30/h9-21,34-35H,6-8H2,1-5H3/b29-15+. The molecule has 1 heterocycles. The predicted molar refractivity (Wildman–Crippen MR) is 155 cm³/mol. The summed E-state index contributed by atoms with van der Waals surface area (Å²) >= 11 is 1.67. The van der Waals surface area contributed by atoms with E-state index < -0.39 is 0 Å². The molecule has 0 bridgehead atoms. The highest BCUT2D eigenvalue weighted by Crippen LogP contribution is 2.33. The molecule has 0 spiro atoms. The minimum atomic E-state index is 0.104. The third-order valence-electron chi connectivity index (χ3n) is 6.04. The number of hydrogen-bond acceptors (Lipinski definition) is 5. The molecule has 0 atom stereocenters. The molecule has 0 aliphatic carbocycles. The van der Waals surface area contributed by atoms with E-state index in [1.165, 1.54) is 11.1 Å². The number of unbranched alkanes of at least 4 members (excludes halogenated alkanes) is 1. The number of anilines is 2. The Bertz CT molecular complexity index is 1350. The van der Waals surface area contributed by atoms with Crippen LogP contribution in [0.15, 0.2) is 94.9 Å². The van der Waals surface area contributed by atoms with Crippen LogP contribution in [-0.4, -0.2) is 9.97 Å². The Morgan fingerprint density at radius 1 is 0.889 bits per heavy atom. The molecular weight excluding hydrogens is 460 g/mol. The van der Waals surface area contributed by atoms with Gasteiger partial charge in [-0.15, -0.1) is 0 Å². The monoisotopic (exact) mass is 496 g/mol. The summed E-state index contributed by atoms with van der Waals surface area (Å²) in [6, 6.07) is 23.6.